The Morgan fingerprint density at radius 1 is 1.05 bits per heavy atom. The van der Waals surface area contributed by atoms with Gasteiger partial charge in [0.15, 0.2) is 0 Å². The summed E-state index contributed by atoms with van der Waals surface area (Å²) in [4.78, 5) is 8.23. The van der Waals surface area contributed by atoms with E-state index in [0.29, 0.717) is 24.6 Å². The second kappa shape index (κ2) is 6.27. The van der Waals surface area contributed by atoms with Crippen LogP contribution in [-0.2, 0) is 6.54 Å². The minimum atomic E-state index is -0.410. The highest BCUT2D eigenvalue weighted by molar-refractivity contribution is 5.48. The molecule has 0 saturated carbocycles. The molecule has 0 atom stereocenters. The number of halogens is 2. The van der Waals surface area contributed by atoms with Crippen LogP contribution in [0.15, 0.2) is 36.5 Å². The molecule has 0 amide bonds. The first-order valence-electron chi connectivity index (χ1n) is 7.24. The second-order valence-corrected chi connectivity index (χ2v) is 5.45. The fourth-order valence-corrected chi connectivity index (χ4v) is 2.66. The zero-order valence-corrected chi connectivity index (χ0v) is 12.2. The number of pyridine rings is 1. The number of aromatic nitrogens is 1. The first kappa shape index (κ1) is 14.7. The van der Waals surface area contributed by atoms with Crippen LogP contribution in [0.4, 0.5) is 20.3 Å². The van der Waals surface area contributed by atoms with E-state index < -0.39 is 5.82 Å². The predicted molar refractivity (Wildman–Crippen MR) is 82.5 cm³/mol. The van der Waals surface area contributed by atoms with Crippen molar-refractivity contribution in [3.05, 3.63) is 53.7 Å². The van der Waals surface area contributed by atoms with Crippen LogP contribution in [0.1, 0.15) is 5.56 Å². The van der Waals surface area contributed by atoms with Gasteiger partial charge in [0.25, 0.3) is 0 Å². The Morgan fingerprint density at radius 3 is 2.50 bits per heavy atom. The van der Waals surface area contributed by atoms with Gasteiger partial charge in [-0.3, -0.25) is 4.90 Å². The molecule has 116 valence electrons. The number of hydrogen-bond acceptors (Lipinski definition) is 4. The third-order valence-corrected chi connectivity index (χ3v) is 3.87. The Bertz CT molecular complexity index is 637. The topological polar surface area (TPSA) is 45.4 Å². The molecule has 2 heterocycles. The molecule has 1 fully saturated rings. The average molecular weight is 304 g/mol. The Labute approximate surface area is 128 Å². The van der Waals surface area contributed by atoms with Crippen molar-refractivity contribution in [1.82, 2.24) is 9.88 Å². The lowest BCUT2D eigenvalue weighted by molar-refractivity contribution is 0.249. The quantitative estimate of drug-likeness (QED) is 0.945. The first-order chi connectivity index (χ1) is 10.6. The molecule has 1 saturated heterocycles. The van der Waals surface area contributed by atoms with Crippen LogP contribution in [0, 0.1) is 11.6 Å². The largest absolute Gasteiger partial charge is 0.384 e. The van der Waals surface area contributed by atoms with Gasteiger partial charge in [-0.2, -0.15) is 0 Å². The van der Waals surface area contributed by atoms with Gasteiger partial charge in [-0.05, 0) is 23.8 Å². The van der Waals surface area contributed by atoms with Crippen LogP contribution >= 0.6 is 0 Å². The van der Waals surface area contributed by atoms with Crippen LogP contribution in [0.25, 0.3) is 0 Å². The molecule has 1 aliphatic heterocycles. The Kier molecular flexibility index (Phi) is 4.20. The van der Waals surface area contributed by atoms with Crippen LogP contribution in [0.5, 0.6) is 0 Å². The zero-order valence-electron chi connectivity index (χ0n) is 12.2. The van der Waals surface area contributed by atoms with Crippen molar-refractivity contribution < 1.29 is 8.78 Å². The summed E-state index contributed by atoms with van der Waals surface area (Å²) in [6, 6.07) is 7.32. The molecule has 1 aliphatic rings. The lowest BCUT2D eigenvalue weighted by Crippen LogP contribution is -2.46. The Balaban J connectivity index is 1.60. The van der Waals surface area contributed by atoms with Gasteiger partial charge in [0.05, 0.1) is 5.69 Å². The third kappa shape index (κ3) is 3.33. The maximum absolute atomic E-state index is 13.8. The maximum atomic E-state index is 13.8. The summed E-state index contributed by atoms with van der Waals surface area (Å²) in [6.07, 6.45) is 1.77. The summed E-state index contributed by atoms with van der Waals surface area (Å²) in [5.74, 6) is -0.278. The highest BCUT2D eigenvalue weighted by atomic mass is 19.1. The van der Waals surface area contributed by atoms with Gasteiger partial charge in [0.2, 0.25) is 0 Å². The molecule has 1 aromatic carbocycles. The van der Waals surface area contributed by atoms with E-state index in [4.69, 9.17) is 5.73 Å². The fourth-order valence-electron chi connectivity index (χ4n) is 2.66. The van der Waals surface area contributed by atoms with Crippen LogP contribution < -0.4 is 10.6 Å². The average Bonchev–Trinajstić information content (AvgIpc) is 2.53. The van der Waals surface area contributed by atoms with Gasteiger partial charge in [-0.25, -0.2) is 13.8 Å². The summed E-state index contributed by atoms with van der Waals surface area (Å²) in [5.41, 5.74) is 7.01. The van der Waals surface area contributed by atoms with E-state index in [1.54, 1.807) is 12.3 Å². The molecule has 4 nitrogen and oxygen atoms in total. The number of nitrogen functional groups attached to an aromatic ring is 1. The van der Waals surface area contributed by atoms with Crippen molar-refractivity contribution in [3.8, 4) is 0 Å². The maximum Gasteiger partial charge on any atom is 0.146 e. The van der Waals surface area contributed by atoms with E-state index >= 15 is 0 Å². The second-order valence-electron chi connectivity index (χ2n) is 5.45. The van der Waals surface area contributed by atoms with E-state index in [0.717, 1.165) is 31.3 Å². The molecule has 6 heteroatoms. The van der Waals surface area contributed by atoms with E-state index in [1.165, 1.54) is 12.1 Å². The highest BCUT2D eigenvalue weighted by Crippen LogP contribution is 2.22. The van der Waals surface area contributed by atoms with E-state index in [2.05, 4.69) is 9.88 Å². The molecule has 2 N–H and O–H groups in total. The molecule has 2 aromatic rings. The minimum Gasteiger partial charge on any atom is -0.384 e. The number of hydrogen-bond donors (Lipinski definition) is 1. The molecule has 3 rings (SSSR count). The van der Waals surface area contributed by atoms with Crippen molar-refractivity contribution >= 4 is 11.5 Å². The minimum absolute atomic E-state index is 0.341. The molecule has 0 spiro atoms. The van der Waals surface area contributed by atoms with Crippen molar-refractivity contribution in [1.29, 1.82) is 0 Å². The number of piperazine rings is 1. The van der Waals surface area contributed by atoms with Crippen molar-refractivity contribution in [2.75, 3.05) is 36.8 Å². The number of nitrogens with zero attached hydrogens (tertiary/aromatic N) is 3. The Hall–Kier alpha value is -2.21. The normalized spacial score (nSPS) is 16.0. The smallest absolute Gasteiger partial charge is 0.146 e. The summed E-state index contributed by atoms with van der Waals surface area (Å²) in [5, 5.41) is 0. The molecular weight excluding hydrogens is 286 g/mol. The lowest BCUT2D eigenvalue weighted by atomic mass is 10.2. The summed E-state index contributed by atoms with van der Waals surface area (Å²) in [7, 11) is 0. The molecule has 0 unspecified atom stereocenters. The van der Waals surface area contributed by atoms with Gasteiger partial charge in [0, 0.05) is 45.0 Å². The van der Waals surface area contributed by atoms with Crippen LogP contribution in [0.3, 0.4) is 0 Å². The third-order valence-electron chi connectivity index (χ3n) is 3.87. The molecule has 0 aliphatic carbocycles. The van der Waals surface area contributed by atoms with Gasteiger partial charge in [0.1, 0.15) is 17.5 Å². The van der Waals surface area contributed by atoms with Gasteiger partial charge < -0.3 is 10.6 Å². The van der Waals surface area contributed by atoms with E-state index in [-0.39, 0.29) is 5.82 Å². The van der Waals surface area contributed by atoms with Crippen LogP contribution in [0.2, 0.25) is 0 Å². The molecule has 1 aromatic heterocycles. The summed E-state index contributed by atoms with van der Waals surface area (Å²) in [6.45, 7) is 3.71. The van der Waals surface area contributed by atoms with Gasteiger partial charge in [-0.15, -0.1) is 0 Å². The van der Waals surface area contributed by atoms with E-state index in [9.17, 15) is 8.78 Å². The Morgan fingerprint density at radius 2 is 1.82 bits per heavy atom. The SMILES string of the molecule is Nc1ccc(CN2CCN(c3cc(F)ccc3F)CC2)cn1. The van der Waals surface area contributed by atoms with Gasteiger partial charge in [-0.1, -0.05) is 6.07 Å². The zero-order chi connectivity index (χ0) is 15.5. The monoisotopic (exact) mass is 304 g/mol. The first-order valence-corrected chi connectivity index (χ1v) is 7.24. The predicted octanol–water partition coefficient (Wildman–Crippen LogP) is 2.26. The number of benzene rings is 1. The molecule has 0 bridgehead atoms. The number of nitrogens with two attached hydrogens (primary N) is 1. The molecular formula is C16H18F2N4. The fraction of sp³-hybridized carbons (Fsp3) is 0.312. The lowest BCUT2D eigenvalue weighted by Gasteiger charge is -2.36. The number of anilines is 2. The number of rotatable bonds is 3. The van der Waals surface area contributed by atoms with Crippen molar-refractivity contribution in [3.63, 3.8) is 0 Å². The standard InChI is InChI=1S/C16H18F2N4/c17-13-2-3-14(18)15(9-13)22-7-5-21(6-8-22)11-12-1-4-16(19)20-10-12/h1-4,9-10H,5-8,11H2,(H2,19,20). The summed E-state index contributed by atoms with van der Waals surface area (Å²) < 4.78 is 27.1. The highest BCUT2D eigenvalue weighted by Gasteiger charge is 2.20. The van der Waals surface area contributed by atoms with Gasteiger partial charge >= 0.3 is 0 Å². The molecule has 22 heavy (non-hydrogen) atoms. The summed E-state index contributed by atoms with van der Waals surface area (Å²) >= 11 is 0. The van der Waals surface area contributed by atoms with Crippen molar-refractivity contribution in [2.45, 2.75) is 6.54 Å². The molecule has 0 radical (unpaired) electrons. The van der Waals surface area contributed by atoms with E-state index in [1.807, 2.05) is 11.0 Å². The van der Waals surface area contributed by atoms with Crippen molar-refractivity contribution in [2.24, 2.45) is 0 Å². The van der Waals surface area contributed by atoms with Crippen LogP contribution in [-0.4, -0.2) is 36.1 Å².